The van der Waals surface area contributed by atoms with E-state index in [1.54, 1.807) is 11.1 Å². The summed E-state index contributed by atoms with van der Waals surface area (Å²) in [6.45, 7) is 1.10. The molecule has 2 rings (SSSR count). The lowest BCUT2D eigenvalue weighted by molar-refractivity contribution is -0.134. The molecule has 1 aliphatic rings. The van der Waals surface area contributed by atoms with E-state index < -0.39 is 0 Å². The summed E-state index contributed by atoms with van der Waals surface area (Å²) in [4.78, 5) is 21.8. The number of nitrogens with one attached hydrogen (secondary N) is 1. The highest BCUT2D eigenvalue weighted by Gasteiger charge is 2.28. The molecule has 0 aromatic carbocycles. The number of hydrogen-bond donors (Lipinski definition) is 2. The maximum atomic E-state index is 12.1. The van der Waals surface area contributed by atoms with Gasteiger partial charge in [-0.05, 0) is 28.8 Å². The predicted molar refractivity (Wildman–Crippen MR) is 70.0 cm³/mol. The lowest BCUT2D eigenvalue weighted by Gasteiger charge is -2.32. The van der Waals surface area contributed by atoms with Gasteiger partial charge >= 0.3 is 0 Å². The van der Waals surface area contributed by atoms with Crippen molar-refractivity contribution in [3.63, 3.8) is 0 Å². The third-order valence-corrected chi connectivity index (χ3v) is 3.46. The molecule has 1 aliphatic heterocycles. The zero-order chi connectivity index (χ0) is 13.0. The van der Waals surface area contributed by atoms with Gasteiger partial charge in [0, 0.05) is 19.3 Å². The minimum absolute atomic E-state index is 0.00430. The maximum Gasteiger partial charge on any atom is 0.245 e. The Morgan fingerprint density at radius 3 is 3.17 bits per heavy atom. The molecule has 7 heteroatoms. The number of rotatable bonds is 4. The van der Waals surface area contributed by atoms with Crippen LogP contribution in [-0.4, -0.2) is 51.6 Å². The quantitative estimate of drug-likeness (QED) is 0.852. The van der Waals surface area contributed by atoms with E-state index >= 15 is 0 Å². The molecule has 1 aromatic rings. The van der Waals surface area contributed by atoms with Gasteiger partial charge < -0.3 is 15.3 Å². The van der Waals surface area contributed by atoms with Crippen molar-refractivity contribution in [3.05, 3.63) is 17.0 Å². The molecule has 1 amide bonds. The Balaban J connectivity index is 2.05. The molecule has 1 fully saturated rings. The van der Waals surface area contributed by atoms with Crippen molar-refractivity contribution in [2.45, 2.75) is 18.9 Å². The largest absolute Gasteiger partial charge is 0.395 e. The second kappa shape index (κ2) is 6.10. The molecule has 6 nitrogen and oxygen atoms in total. The molecule has 98 valence electrons. The van der Waals surface area contributed by atoms with Crippen LogP contribution in [0.2, 0.25) is 0 Å². The molecule has 1 unspecified atom stereocenters. The average molecular weight is 315 g/mol. The molecular weight excluding hydrogens is 300 g/mol. The number of carbonyl (C=O) groups excluding carboxylic acids is 1. The van der Waals surface area contributed by atoms with Gasteiger partial charge in [0.1, 0.15) is 18.2 Å². The van der Waals surface area contributed by atoms with Gasteiger partial charge in [-0.15, -0.1) is 0 Å². The number of halogens is 1. The first-order chi connectivity index (χ1) is 8.72. The van der Waals surface area contributed by atoms with Gasteiger partial charge in [0.15, 0.2) is 0 Å². The van der Waals surface area contributed by atoms with Crippen molar-refractivity contribution >= 4 is 27.7 Å². The molecule has 0 saturated carbocycles. The van der Waals surface area contributed by atoms with Gasteiger partial charge in [-0.3, -0.25) is 4.79 Å². The zero-order valence-corrected chi connectivity index (χ0v) is 11.4. The van der Waals surface area contributed by atoms with Gasteiger partial charge in [0.25, 0.3) is 0 Å². The van der Waals surface area contributed by atoms with Crippen LogP contribution in [0.15, 0.2) is 17.0 Å². The summed E-state index contributed by atoms with van der Waals surface area (Å²) >= 11 is 3.34. The van der Waals surface area contributed by atoms with Gasteiger partial charge in [-0.2, -0.15) is 0 Å². The SMILES string of the molecule is O=C1C(Nc2ncncc2Br)CCCN1CCO. The minimum Gasteiger partial charge on any atom is -0.395 e. The first-order valence-electron chi connectivity index (χ1n) is 5.84. The number of carbonyl (C=O) groups is 1. The van der Waals surface area contributed by atoms with Crippen molar-refractivity contribution in [2.24, 2.45) is 0 Å². The summed E-state index contributed by atoms with van der Waals surface area (Å²) in [6, 6.07) is -0.281. The molecule has 0 radical (unpaired) electrons. The van der Waals surface area contributed by atoms with Crippen molar-refractivity contribution in [1.29, 1.82) is 0 Å². The Morgan fingerprint density at radius 2 is 2.44 bits per heavy atom. The van der Waals surface area contributed by atoms with E-state index in [9.17, 15) is 4.79 Å². The van der Waals surface area contributed by atoms with Crippen LogP contribution in [0.5, 0.6) is 0 Å². The Hall–Kier alpha value is -1.21. The molecule has 0 bridgehead atoms. The third-order valence-electron chi connectivity index (χ3n) is 2.88. The predicted octanol–water partition coefficient (Wildman–Crippen LogP) is 0.634. The highest BCUT2D eigenvalue weighted by atomic mass is 79.9. The fraction of sp³-hybridized carbons (Fsp3) is 0.545. The van der Waals surface area contributed by atoms with Crippen LogP contribution in [-0.2, 0) is 4.79 Å². The maximum absolute atomic E-state index is 12.1. The van der Waals surface area contributed by atoms with Crippen molar-refractivity contribution < 1.29 is 9.90 Å². The summed E-state index contributed by atoms with van der Waals surface area (Å²) in [5.74, 6) is 0.634. The number of amides is 1. The van der Waals surface area contributed by atoms with E-state index in [1.807, 2.05) is 0 Å². The first kappa shape index (κ1) is 13.2. The smallest absolute Gasteiger partial charge is 0.245 e. The lowest BCUT2D eigenvalue weighted by atomic mass is 10.0. The summed E-state index contributed by atoms with van der Waals surface area (Å²) in [5.41, 5.74) is 0. The van der Waals surface area contributed by atoms with Crippen LogP contribution in [0, 0.1) is 0 Å². The molecule has 1 saturated heterocycles. The first-order valence-corrected chi connectivity index (χ1v) is 6.63. The standard InChI is InChI=1S/C11H15BrN4O2/c12-8-6-13-7-14-10(8)15-9-2-1-3-16(4-5-17)11(9)18/h6-7,9,17H,1-5H2,(H,13,14,15). The number of hydrogen-bond acceptors (Lipinski definition) is 5. The summed E-state index contributed by atoms with van der Waals surface area (Å²) in [7, 11) is 0. The lowest BCUT2D eigenvalue weighted by Crippen LogP contribution is -2.48. The van der Waals surface area contributed by atoms with Gasteiger partial charge in [0.2, 0.25) is 5.91 Å². The zero-order valence-electron chi connectivity index (χ0n) is 9.84. The van der Waals surface area contributed by atoms with E-state index in [0.717, 1.165) is 17.3 Å². The molecular formula is C11H15BrN4O2. The Labute approximate surface area is 114 Å². The molecule has 2 N–H and O–H groups in total. The van der Waals surface area contributed by atoms with Gasteiger partial charge in [0.05, 0.1) is 11.1 Å². The summed E-state index contributed by atoms with van der Waals surface area (Å²) in [5, 5.41) is 12.0. The topological polar surface area (TPSA) is 78.4 Å². The number of likely N-dealkylation sites (tertiary alicyclic amines) is 1. The van der Waals surface area contributed by atoms with E-state index in [-0.39, 0.29) is 18.6 Å². The van der Waals surface area contributed by atoms with Crippen LogP contribution in [0.25, 0.3) is 0 Å². The third kappa shape index (κ3) is 2.97. The van der Waals surface area contributed by atoms with Crippen LogP contribution >= 0.6 is 15.9 Å². The highest BCUT2D eigenvalue weighted by Crippen LogP contribution is 2.21. The minimum atomic E-state index is -0.281. The molecule has 0 spiro atoms. The number of nitrogens with zero attached hydrogens (tertiary/aromatic N) is 3. The van der Waals surface area contributed by atoms with Crippen molar-refractivity contribution in [3.8, 4) is 0 Å². The van der Waals surface area contributed by atoms with Crippen LogP contribution in [0.4, 0.5) is 5.82 Å². The number of aliphatic hydroxyl groups is 1. The Bertz CT molecular complexity index is 427. The number of aromatic nitrogens is 2. The Morgan fingerprint density at radius 1 is 1.61 bits per heavy atom. The van der Waals surface area contributed by atoms with E-state index in [2.05, 4.69) is 31.2 Å². The fourth-order valence-electron chi connectivity index (χ4n) is 2.00. The summed E-state index contributed by atoms with van der Waals surface area (Å²) in [6.07, 6.45) is 4.77. The van der Waals surface area contributed by atoms with Crippen molar-refractivity contribution in [2.75, 3.05) is 25.0 Å². The van der Waals surface area contributed by atoms with Gasteiger partial charge in [-0.25, -0.2) is 9.97 Å². The molecule has 0 aliphatic carbocycles. The molecule has 1 aromatic heterocycles. The van der Waals surface area contributed by atoms with Crippen LogP contribution in [0.1, 0.15) is 12.8 Å². The van der Waals surface area contributed by atoms with E-state index in [4.69, 9.17) is 5.11 Å². The van der Waals surface area contributed by atoms with E-state index in [1.165, 1.54) is 6.33 Å². The van der Waals surface area contributed by atoms with Crippen molar-refractivity contribution in [1.82, 2.24) is 14.9 Å². The fourth-order valence-corrected chi connectivity index (χ4v) is 2.34. The second-order valence-corrected chi connectivity index (χ2v) is 4.96. The number of anilines is 1. The summed E-state index contributed by atoms with van der Waals surface area (Å²) < 4.78 is 0.733. The Kier molecular flexibility index (Phi) is 4.48. The number of piperidine rings is 1. The van der Waals surface area contributed by atoms with Gasteiger partial charge in [-0.1, -0.05) is 0 Å². The monoisotopic (exact) mass is 314 g/mol. The normalized spacial score (nSPS) is 20.0. The van der Waals surface area contributed by atoms with E-state index in [0.29, 0.717) is 18.9 Å². The molecule has 18 heavy (non-hydrogen) atoms. The second-order valence-electron chi connectivity index (χ2n) is 4.11. The molecule has 2 heterocycles. The average Bonchev–Trinajstić information content (AvgIpc) is 2.37. The number of β-amino-alcohol motifs (C(OH)–C–C–N with tert-alkyl or cyclic N) is 1. The number of aliphatic hydroxyl groups excluding tert-OH is 1. The molecule has 1 atom stereocenters. The highest BCUT2D eigenvalue weighted by molar-refractivity contribution is 9.10. The van der Waals surface area contributed by atoms with Crippen LogP contribution < -0.4 is 5.32 Å². The van der Waals surface area contributed by atoms with Crippen LogP contribution in [0.3, 0.4) is 0 Å².